The van der Waals surface area contributed by atoms with Gasteiger partial charge in [0.15, 0.2) is 0 Å². The minimum absolute atomic E-state index is 0.107. The first-order chi connectivity index (χ1) is 6.47. The molecule has 0 spiro atoms. The fourth-order valence-electron chi connectivity index (χ4n) is 1.31. The third kappa shape index (κ3) is 2.34. The van der Waals surface area contributed by atoms with E-state index in [9.17, 15) is 10.2 Å². The highest BCUT2D eigenvalue weighted by atomic mass is 16.3. The van der Waals surface area contributed by atoms with Crippen molar-refractivity contribution in [3.05, 3.63) is 35.4 Å². The van der Waals surface area contributed by atoms with Gasteiger partial charge in [-0.2, -0.15) is 0 Å². The molecule has 0 saturated carbocycles. The Morgan fingerprint density at radius 1 is 1.36 bits per heavy atom. The SMILES string of the molecule is CC(O)c1cccc(C(C)(C)CO)c1. The Hall–Kier alpha value is -0.860. The van der Waals surface area contributed by atoms with Crippen LogP contribution in [0.3, 0.4) is 0 Å². The molecule has 14 heavy (non-hydrogen) atoms. The van der Waals surface area contributed by atoms with Gasteiger partial charge < -0.3 is 10.2 Å². The van der Waals surface area contributed by atoms with Crippen LogP contribution in [-0.4, -0.2) is 16.8 Å². The lowest BCUT2D eigenvalue weighted by molar-refractivity contribution is 0.197. The molecule has 0 aliphatic rings. The van der Waals surface area contributed by atoms with E-state index in [1.54, 1.807) is 6.92 Å². The molecule has 0 heterocycles. The minimum Gasteiger partial charge on any atom is -0.395 e. The largest absolute Gasteiger partial charge is 0.395 e. The van der Waals surface area contributed by atoms with Gasteiger partial charge in [-0.25, -0.2) is 0 Å². The lowest BCUT2D eigenvalue weighted by Gasteiger charge is -2.23. The molecule has 2 heteroatoms. The van der Waals surface area contributed by atoms with Gasteiger partial charge in [0.2, 0.25) is 0 Å². The van der Waals surface area contributed by atoms with E-state index in [4.69, 9.17) is 0 Å². The van der Waals surface area contributed by atoms with Crippen LogP contribution in [0, 0.1) is 0 Å². The van der Waals surface area contributed by atoms with Gasteiger partial charge in [-0.15, -0.1) is 0 Å². The van der Waals surface area contributed by atoms with E-state index in [1.165, 1.54) is 0 Å². The fourth-order valence-corrected chi connectivity index (χ4v) is 1.31. The normalized spacial score (nSPS) is 14.1. The zero-order chi connectivity index (χ0) is 10.8. The molecule has 1 unspecified atom stereocenters. The lowest BCUT2D eigenvalue weighted by atomic mass is 9.84. The van der Waals surface area contributed by atoms with Crippen LogP contribution in [0.5, 0.6) is 0 Å². The third-order valence-electron chi connectivity index (χ3n) is 2.55. The summed E-state index contributed by atoms with van der Waals surface area (Å²) in [5.41, 5.74) is 1.70. The van der Waals surface area contributed by atoms with Crippen LogP contribution in [0.4, 0.5) is 0 Å². The maximum Gasteiger partial charge on any atom is 0.0762 e. The second kappa shape index (κ2) is 4.11. The van der Waals surface area contributed by atoms with Crippen LogP contribution < -0.4 is 0 Å². The predicted molar refractivity (Wildman–Crippen MR) is 57.2 cm³/mol. The molecule has 1 aromatic rings. The number of rotatable bonds is 3. The first kappa shape index (κ1) is 11.2. The molecular weight excluding hydrogens is 176 g/mol. The van der Waals surface area contributed by atoms with Gasteiger partial charge in [0.05, 0.1) is 12.7 Å². The molecule has 78 valence electrons. The quantitative estimate of drug-likeness (QED) is 0.772. The summed E-state index contributed by atoms with van der Waals surface area (Å²) in [5.74, 6) is 0. The van der Waals surface area contributed by atoms with Gasteiger partial charge in [0.1, 0.15) is 0 Å². The number of aliphatic hydroxyl groups excluding tert-OH is 2. The van der Waals surface area contributed by atoms with Crippen molar-refractivity contribution in [1.82, 2.24) is 0 Å². The van der Waals surface area contributed by atoms with Gasteiger partial charge in [-0.1, -0.05) is 38.1 Å². The highest BCUT2D eigenvalue weighted by molar-refractivity contribution is 5.30. The van der Waals surface area contributed by atoms with Gasteiger partial charge in [0, 0.05) is 5.41 Å². The van der Waals surface area contributed by atoms with Crippen LogP contribution in [-0.2, 0) is 5.41 Å². The summed E-state index contributed by atoms with van der Waals surface area (Å²) in [6, 6.07) is 7.72. The predicted octanol–water partition coefficient (Wildman–Crippen LogP) is 2.01. The van der Waals surface area contributed by atoms with Crippen molar-refractivity contribution >= 4 is 0 Å². The van der Waals surface area contributed by atoms with E-state index in [0.29, 0.717) is 0 Å². The Labute approximate surface area is 85.2 Å². The molecule has 0 fully saturated rings. The molecule has 0 aliphatic heterocycles. The Morgan fingerprint density at radius 3 is 2.50 bits per heavy atom. The summed E-state index contributed by atoms with van der Waals surface area (Å²) in [5, 5.41) is 18.6. The van der Waals surface area contributed by atoms with Crippen molar-refractivity contribution in [1.29, 1.82) is 0 Å². The topological polar surface area (TPSA) is 40.5 Å². The summed E-state index contributed by atoms with van der Waals surface area (Å²) >= 11 is 0. The monoisotopic (exact) mass is 194 g/mol. The fraction of sp³-hybridized carbons (Fsp3) is 0.500. The van der Waals surface area contributed by atoms with E-state index in [0.717, 1.165) is 11.1 Å². The number of benzene rings is 1. The highest BCUT2D eigenvalue weighted by Crippen LogP contribution is 2.25. The molecule has 2 nitrogen and oxygen atoms in total. The lowest BCUT2D eigenvalue weighted by Crippen LogP contribution is -2.22. The molecule has 0 saturated heterocycles. The molecule has 0 aromatic heterocycles. The number of aliphatic hydroxyl groups is 2. The van der Waals surface area contributed by atoms with Gasteiger partial charge in [-0.05, 0) is 18.1 Å². The van der Waals surface area contributed by atoms with Crippen molar-refractivity contribution in [3.63, 3.8) is 0 Å². The Kier molecular flexibility index (Phi) is 3.29. The summed E-state index contributed by atoms with van der Waals surface area (Å²) in [7, 11) is 0. The van der Waals surface area contributed by atoms with Crippen molar-refractivity contribution in [2.24, 2.45) is 0 Å². The summed E-state index contributed by atoms with van der Waals surface area (Å²) in [6.45, 7) is 5.81. The summed E-state index contributed by atoms with van der Waals surface area (Å²) < 4.78 is 0. The van der Waals surface area contributed by atoms with Crippen molar-refractivity contribution in [3.8, 4) is 0 Å². The molecular formula is C12H18O2. The molecule has 1 atom stereocenters. The molecule has 0 radical (unpaired) electrons. The smallest absolute Gasteiger partial charge is 0.0762 e. The van der Waals surface area contributed by atoms with Crippen molar-refractivity contribution < 1.29 is 10.2 Å². The van der Waals surface area contributed by atoms with Crippen LogP contribution in [0.1, 0.15) is 38.0 Å². The summed E-state index contributed by atoms with van der Waals surface area (Å²) in [6.07, 6.45) is -0.454. The third-order valence-corrected chi connectivity index (χ3v) is 2.55. The Morgan fingerprint density at radius 2 is 2.00 bits per heavy atom. The minimum atomic E-state index is -0.454. The van der Waals surface area contributed by atoms with E-state index in [2.05, 4.69) is 0 Å². The Balaban J connectivity index is 3.05. The van der Waals surface area contributed by atoms with Gasteiger partial charge >= 0.3 is 0 Å². The maximum atomic E-state index is 9.42. The van der Waals surface area contributed by atoms with Crippen LogP contribution in [0.2, 0.25) is 0 Å². The standard InChI is InChI=1S/C12H18O2/c1-9(14)10-5-4-6-11(7-10)12(2,3)8-13/h4-7,9,13-14H,8H2,1-3H3. The van der Waals surface area contributed by atoms with Gasteiger partial charge in [-0.3, -0.25) is 0 Å². The van der Waals surface area contributed by atoms with Crippen LogP contribution in [0.25, 0.3) is 0 Å². The van der Waals surface area contributed by atoms with Crippen LogP contribution >= 0.6 is 0 Å². The van der Waals surface area contributed by atoms with Crippen molar-refractivity contribution in [2.45, 2.75) is 32.3 Å². The molecule has 2 N–H and O–H groups in total. The maximum absolute atomic E-state index is 9.42. The second-order valence-corrected chi connectivity index (χ2v) is 4.34. The number of hydrogen-bond donors (Lipinski definition) is 2. The molecule has 0 bridgehead atoms. The molecule has 1 rings (SSSR count). The van der Waals surface area contributed by atoms with E-state index in [1.807, 2.05) is 38.1 Å². The summed E-state index contributed by atoms with van der Waals surface area (Å²) in [4.78, 5) is 0. The zero-order valence-electron chi connectivity index (χ0n) is 8.99. The second-order valence-electron chi connectivity index (χ2n) is 4.34. The highest BCUT2D eigenvalue weighted by Gasteiger charge is 2.19. The molecule has 0 amide bonds. The average molecular weight is 194 g/mol. The van der Waals surface area contributed by atoms with E-state index < -0.39 is 6.10 Å². The van der Waals surface area contributed by atoms with E-state index in [-0.39, 0.29) is 12.0 Å². The number of hydrogen-bond acceptors (Lipinski definition) is 2. The zero-order valence-corrected chi connectivity index (χ0v) is 8.99. The average Bonchev–Trinajstić information content (AvgIpc) is 2.18. The van der Waals surface area contributed by atoms with Gasteiger partial charge in [0.25, 0.3) is 0 Å². The molecule has 0 aliphatic carbocycles. The Bertz CT molecular complexity index is 303. The first-order valence-corrected chi connectivity index (χ1v) is 4.87. The molecule has 1 aromatic carbocycles. The van der Waals surface area contributed by atoms with E-state index >= 15 is 0 Å². The van der Waals surface area contributed by atoms with Crippen LogP contribution in [0.15, 0.2) is 24.3 Å². The van der Waals surface area contributed by atoms with Crippen molar-refractivity contribution in [2.75, 3.05) is 6.61 Å². The first-order valence-electron chi connectivity index (χ1n) is 4.87.